The Morgan fingerprint density at radius 2 is 1.86 bits per heavy atom. The van der Waals surface area contributed by atoms with Crippen molar-refractivity contribution in [3.05, 3.63) is 42.2 Å². The van der Waals surface area contributed by atoms with E-state index in [1.807, 2.05) is 13.2 Å². The third-order valence-electron chi connectivity index (χ3n) is 3.56. The molecule has 5 heteroatoms. The average molecular weight is 282 g/mol. The van der Waals surface area contributed by atoms with Gasteiger partial charge in [0.25, 0.3) is 0 Å². The molecule has 2 heterocycles. The van der Waals surface area contributed by atoms with Gasteiger partial charge in [0.1, 0.15) is 5.69 Å². The number of anilines is 1. The summed E-state index contributed by atoms with van der Waals surface area (Å²) in [4.78, 5) is 0. The van der Waals surface area contributed by atoms with E-state index in [0.717, 1.165) is 22.4 Å². The molecule has 0 fully saturated rings. The Hall–Kier alpha value is -2.56. The third-order valence-corrected chi connectivity index (χ3v) is 3.56. The summed E-state index contributed by atoms with van der Waals surface area (Å²) in [5.74, 6) is 0.822. The minimum atomic E-state index is 0.325. The molecule has 3 rings (SSSR count). The Labute approximate surface area is 123 Å². The van der Waals surface area contributed by atoms with E-state index in [0.29, 0.717) is 11.8 Å². The lowest BCUT2D eigenvalue weighted by Gasteiger charge is -2.07. The van der Waals surface area contributed by atoms with Crippen molar-refractivity contribution in [2.75, 3.05) is 5.73 Å². The highest BCUT2D eigenvalue weighted by atomic mass is 16.5. The Balaban J connectivity index is 2.08. The minimum Gasteiger partial charge on any atom is -0.367 e. The maximum atomic E-state index is 5.96. The van der Waals surface area contributed by atoms with Crippen molar-refractivity contribution in [2.45, 2.75) is 19.8 Å². The molecule has 0 spiro atoms. The van der Waals surface area contributed by atoms with Gasteiger partial charge >= 0.3 is 0 Å². The Bertz CT molecular complexity index is 753. The SMILES string of the molecule is CC(C)c1ccc(-c2c(-c3cnn(C)c3)noc2N)cc1. The van der Waals surface area contributed by atoms with Crippen LogP contribution in [0.1, 0.15) is 25.3 Å². The van der Waals surface area contributed by atoms with E-state index in [-0.39, 0.29) is 0 Å². The fourth-order valence-corrected chi connectivity index (χ4v) is 2.36. The summed E-state index contributed by atoms with van der Waals surface area (Å²) in [5, 5.41) is 8.25. The predicted molar refractivity (Wildman–Crippen MR) is 82.6 cm³/mol. The van der Waals surface area contributed by atoms with Gasteiger partial charge < -0.3 is 10.3 Å². The molecule has 0 bridgehead atoms. The molecule has 21 heavy (non-hydrogen) atoms. The fourth-order valence-electron chi connectivity index (χ4n) is 2.36. The van der Waals surface area contributed by atoms with Crippen molar-refractivity contribution in [3.8, 4) is 22.4 Å². The van der Waals surface area contributed by atoms with Crippen LogP contribution in [0.5, 0.6) is 0 Å². The first-order chi connectivity index (χ1) is 10.1. The van der Waals surface area contributed by atoms with E-state index in [1.54, 1.807) is 10.9 Å². The maximum Gasteiger partial charge on any atom is 0.230 e. The molecule has 2 N–H and O–H groups in total. The summed E-state index contributed by atoms with van der Waals surface area (Å²) >= 11 is 0. The van der Waals surface area contributed by atoms with Crippen molar-refractivity contribution in [1.82, 2.24) is 14.9 Å². The summed E-state index contributed by atoms with van der Waals surface area (Å²) < 4.78 is 6.91. The number of hydrogen-bond donors (Lipinski definition) is 1. The zero-order valence-electron chi connectivity index (χ0n) is 12.4. The van der Waals surface area contributed by atoms with Crippen LogP contribution < -0.4 is 5.73 Å². The van der Waals surface area contributed by atoms with Crippen LogP contribution in [0.25, 0.3) is 22.4 Å². The molecule has 0 saturated carbocycles. The first-order valence-corrected chi connectivity index (χ1v) is 6.90. The minimum absolute atomic E-state index is 0.325. The van der Waals surface area contributed by atoms with Gasteiger partial charge in [0.2, 0.25) is 5.88 Å². The van der Waals surface area contributed by atoms with Crippen LogP contribution in [0, 0.1) is 0 Å². The van der Waals surface area contributed by atoms with Gasteiger partial charge in [-0.25, -0.2) is 0 Å². The smallest absolute Gasteiger partial charge is 0.230 e. The van der Waals surface area contributed by atoms with Gasteiger partial charge in [-0.2, -0.15) is 5.10 Å². The summed E-state index contributed by atoms with van der Waals surface area (Å²) in [5.41, 5.74) is 10.7. The standard InChI is InChI=1S/C16H18N4O/c1-10(2)11-4-6-12(7-5-11)14-15(19-21-16(14)17)13-8-18-20(3)9-13/h4-10H,17H2,1-3H3. The predicted octanol–water partition coefficient (Wildman–Crippen LogP) is 3.45. The quantitative estimate of drug-likeness (QED) is 0.798. The molecule has 0 radical (unpaired) electrons. The highest BCUT2D eigenvalue weighted by molar-refractivity contribution is 5.86. The highest BCUT2D eigenvalue weighted by Crippen LogP contribution is 2.36. The molecular formula is C16H18N4O. The van der Waals surface area contributed by atoms with Crippen LogP contribution >= 0.6 is 0 Å². The Morgan fingerprint density at radius 3 is 2.43 bits per heavy atom. The second kappa shape index (κ2) is 5.09. The summed E-state index contributed by atoms with van der Waals surface area (Å²) in [6.45, 7) is 4.34. The van der Waals surface area contributed by atoms with Crippen molar-refractivity contribution >= 4 is 5.88 Å². The van der Waals surface area contributed by atoms with Gasteiger partial charge in [0.05, 0.1) is 11.8 Å². The molecule has 0 aliphatic rings. The van der Waals surface area contributed by atoms with E-state index in [4.69, 9.17) is 10.3 Å². The van der Waals surface area contributed by atoms with Gasteiger partial charge in [0.15, 0.2) is 0 Å². The number of aromatic nitrogens is 3. The molecular weight excluding hydrogens is 264 g/mol. The normalized spacial score (nSPS) is 11.2. The number of nitrogens with two attached hydrogens (primary N) is 1. The van der Waals surface area contributed by atoms with Crippen molar-refractivity contribution in [3.63, 3.8) is 0 Å². The van der Waals surface area contributed by atoms with Crippen molar-refractivity contribution in [1.29, 1.82) is 0 Å². The van der Waals surface area contributed by atoms with Gasteiger partial charge in [-0.1, -0.05) is 43.3 Å². The monoisotopic (exact) mass is 282 g/mol. The molecule has 5 nitrogen and oxygen atoms in total. The number of benzene rings is 1. The lowest BCUT2D eigenvalue weighted by atomic mass is 9.97. The molecule has 1 aromatic carbocycles. The lowest BCUT2D eigenvalue weighted by molar-refractivity contribution is 0.439. The summed E-state index contributed by atoms with van der Waals surface area (Å²) in [6.07, 6.45) is 3.65. The van der Waals surface area contributed by atoms with E-state index < -0.39 is 0 Å². The zero-order chi connectivity index (χ0) is 15.0. The van der Waals surface area contributed by atoms with Crippen molar-refractivity contribution < 1.29 is 4.52 Å². The number of nitrogens with zero attached hydrogens (tertiary/aromatic N) is 3. The molecule has 0 aliphatic heterocycles. The van der Waals surface area contributed by atoms with Crippen molar-refractivity contribution in [2.24, 2.45) is 7.05 Å². The lowest BCUT2D eigenvalue weighted by Crippen LogP contribution is -1.90. The van der Waals surface area contributed by atoms with Crippen LogP contribution in [0.4, 0.5) is 5.88 Å². The highest BCUT2D eigenvalue weighted by Gasteiger charge is 2.18. The molecule has 0 atom stereocenters. The van der Waals surface area contributed by atoms with Crippen LogP contribution in [0.2, 0.25) is 0 Å². The van der Waals surface area contributed by atoms with Gasteiger partial charge in [0, 0.05) is 18.8 Å². The number of hydrogen-bond acceptors (Lipinski definition) is 4. The topological polar surface area (TPSA) is 69.9 Å². The maximum absolute atomic E-state index is 5.96. The second-order valence-electron chi connectivity index (χ2n) is 5.45. The van der Waals surface area contributed by atoms with Gasteiger partial charge in [-0.05, 0) is 17.0 Å². The van der Waals surface area contributed by atoms with Gasteiger partial charge in [-0.15, -0.1) is 0 Å². The molecule has 0 aliphatic carbocycles. The Morgan fingerprint density at radius 1 is 1.14 bits per heavy atom. The number of nitrogen functional groups attached to an aromatic ring is 1. The third kappa shape index (κ3) is 2.42. The number of aryl methyl sites for hydroxylation is 1. The molecule has 0 unspecified atom stereocenters. The van der Waals surface area contributed by atoms with Crippen LogP contribution in [-0.4, -0.2) is 14.9 Å². The van der Waals surface area contributed by atoms with Crippen LogP contribution in [0.3, 0.4) is 0 Å². The van der Waals surface area contributed by atoms with Crippen LogP contribution in [-0.2, 0) is 7.05 Å². The summed E-state index contributed by atoms with van der Waals surface area (Å²) in [7, 11) is 1.87. The van der Waals surface area contributed by atoms with Gasteiger partial charge in [-0.3, -0.25) is 4.68 Å². The molecule has 108 valence electrons. The number of rotatable bonds is 3. The van der Waals surface area contributed by atoms with E-state index in [9.17, 15) is 0 Å². The largest absolute Gasteiger partial charge is 0.367 e. The Kier molecular flexibility index (Phi) is 3.25. The van der Waals surface area contributed by atoms with E-state index >= 15 is 0 Å². The first kappa shape index (κ1) is 13.4. The molecule has 0 saturated heterocycles. The zero-order valence-corrected chi connectivity index (χ0v) is 12.4. The fraction of sp³-hybridized carbons (Fsp3) is 0.250. The molecule has 2 aromatic heterocycles. The summed E-state index contributed by atoms with van der Waals surface area (Å²) in [6, 6.07) is 8.33. The first-order valence-electron chi connectivity index (χ1n) is 6.90. The van der Waals surface area contributed by atoms with E-state index in [1.165, 1.54) is 5.56 Å². The van der Waals surface area contributed by atoms with Crippen LogP contribution in [0.15, 0.2) is 41.2 Å². The molecule has 3 aromatic rings. The molecule has 0 amide bonds. The average Bonchev–Trinajstić information content (AvgIpc) is 3.05. The second-order valence-corrected chi connectivity index (χ2v) is 5.45. The van der Waals surface area contributed by atoms with E-state index in [2.05, 4.69) is 48.4 Å².